The van der Waals surface area contributed by atoms with E-state index in [9.17, 15) is 9.18 Å². The van der Waals surface area contributed by atoms with Gasteiger partial charge in [0.05, 0.1) is 11.4 Å². The Labute approximate surface area is 178 Å². The fourth-order valence-corrected chi connectivity index (χ4v) is 3.90. The van der Waals surface area contributed by atoms with Crippen LogP contribution in [0.3, 0.4) is 0 Å². The summed E-state index contributed by atoms with van der Waals surface area (Å²) >= 11 is 0. The van der Waals surface area contributed by atoms with Crippen LogP contribution in [0.2, 0.25) is 0 Å². The second kappa shape index (κ2) is 7.75. The average molecular weight is 417 g/mol. The molecular formula is C24H20FN3O3. The molecule has 7 heteroatoms. The molecule has 2 aromatic heterocycles. The lowest BCUT2D eigenvalue weighted by molar-refractivity contribution is -0.116. The molecule has 0 radical (unpaired) electrons. The summed E-state index contributed by atoms with van der Waals surface area (Å²) in [5, 5.41) is 2.68. The third-order valence-corrected chi connectivity index (χ3v) is 5.45. The van der Waals surface area contributed by atoms with E-state index in [1.54, 1.807) is 24.4 Å². The van der Waals surface area contributed by atoms with Gasteiger partial charge in [-0.25, -0.2) is 9.37 Å². The number of benzene rings is 2. The van der Waals surface area contributed by atoms with Crippen LogP contribution in [0.25, 0.3) is 5.65 Å². The Morgan fingerprint density at radius 3 is 2.87 bits per heavy atom. The van der Waals surface area contributed by atoms with Crippen molar-refractivity contribution in [3.05, 3.63) is 89.6 Å². The number of para-hydroxylation sites is 1. The minimum Gasteiger partial charge on any atom is -0.454 e. The maximum atomic E-state index is 14.0. The molecule has 31 heavy (non-hydrogen) atoms. The van der Waals surface area contributed by atoms with Gasteiger partial charge < -0.3 is 19.2 Å². The van der Waals surface area contributed by atoms with Crippen LogP contribution in [0.4, 0.5) is 10.1 Å². The molecule has 0 spiro atoms. The highest BCUT2D eigenvalue weighted by Gasteiger charge is 2.25. The summed E-state index contributed by atoms with van der Waals surface area (Å²) in [5.74, 6) is 0.226. The zero-order chi connectivity index (χ0) is 21.4. The Hall–Kier alpha value is -3.87. The summed E-state index contributed by atoms with van der Waals surface area (Å²) in [7, 11) is 0. The Kier molecular flexibility index (Phi) is 4.78. The van der Waals surface area contributed by atoms with Crippen molar-refractivity contribution in [2.24, 2.45) is 0 Å². The van der Waals surface area contributed by atoms with E-state index in [1.165, 1.54) is 6.07 Å². The molecule has 6 nitrogen and oxygen atoms in total. The lowest BCUT2D eigenvalue weighted by atomic mass is 9.92. The largest absolute Gasteiger partial charge is 0.454 e. The number of amides is 1. The molecule has 4 aromatic rings. The molecule has 1 unspecified atom stereocenters. The highest BCUT2D eigenvalue weighted by atomic mass is 19.1. The number of aromatic nitrogens is 2. The Morgan fingerprint density at radius 2 is 2.00 bits per heavy atom. The van der Waals surface area contributed by atoms with Crippen molar-refractivity contribution in [2.45, 2.75) is 19.3 Å². The second-order valence-electron chi connectivity index (χ2n) is 7.47. The van der Waals surface area contributed by atoms with E-state index in [1.807, 2.05) is 47.9 Å². The van der Waals surface area contributed by atoms with E-state index < -0.39 is 5.82 Å². The van der Waals surface area contributed by atoms with E-state index in [-0.39, 0.29) is 30.7 Å². The number of ether oxygens (including phenoxy) is 2. The zero-order valence-corrected chi connectivity index (χ0v) is 16.8. The lowest BCUT2D eigenvalue weighted by Crippen LogP contribution is -2.18. The summed E-state index contributed by atoms with van der Waals surface area (Å²) in [5.41, 5.74) is 3.77. The van der Waals surface area contributed by atoms with Gasteiger partial charge >= 0.3 is 0 Å². The summed E-state index contributed by atoms with van der Waals surface area (Å²) in [4.78, 5) is 17.5. The number of anilines is 1. The fraction of sp³-hybridized carbons (Fsp3) is 0.167. The van der Waals surface area contributed by atoms with Gasteiger partial charge in [0.15, 0.2) is 11.5 Å². The van der Waals surface area contributed by atoms with Gasteiger partial charge in [0.2, 0.25) is 12.7 Å². The monoisotopic (exact) mass is 417 g/mol. The maximum Gasteiger partial charge on any atom is 0.231 e. The number of hydrogen-bond donors (Lipinski definition) is 1. The van der Waals surface area contributed by atoms with Gasteiger partial charge in [0.25, 0.3) is 0 Å². The van der Waals surface area contributed by atoms with Gasteiger partial charge in [-0.3, -0.25) is 4.79 Å². The first-order valence-electron chi connectivity index (χ1n) is 9.96. The molecule has 0 saturated heterocycles. The van der Waals surface area contributed by atoms with Crippen LogP contribution in [-0.2, 0) is 4.79 Å². The number of hydrogen-bond acceptors (Lipinski definition) is 4. The van der Waals surface area contributed by atoms with Gasteiger partial charge in [0.1, 0.15) is 11.5 Å². The third-order valence-electron chi connectivity index (χ3n) is 5.45. The molecule has 0 aliphatic carbocycles. The summed E-state index contributed by atoms with van der Waals surface area (Å²) < 4.78 is 27.0. The standard InChI is InChI=1S/C24H20FN3O3/c1-15-5-4-10-28-20(13-26-24(15)28)17(16-8-9-21-22(11-16)31-14-30-21)12-23(29)27-19-7-3-2-6-18(19)25/h2-11,13,17H,12,14H2,1H3,(H,27,29). The smallest absolute Gasteiger partial charge is 0.231 e. The zero-order valence-electron chi connectivity index (χ0n) is 16.8. The molecule has 5 rings (SSSR count). The van der Waals surface area contributed by atoms with E-state index in [0.717, 1.165) is 22.5 Å². The van der Waals surface area contributed by atoms with E-state index in [4.69, 9.17) is 9.47 Å². The second-order valence-corrected chi connectivity index (χ2v) is 7.47. The van der Waals surface area contributed by atoms with E-state index in [0.29, 0.717) is 11.5 Å². The molecule has 2 aromatic carbocycles. The van der Waals surface area contributed by atoms with E-state index in [2.05, 4.69) is 10.3 Å². The molecule has 1 aliphatic rings. The van der Waals surface area contributed by atoms with Crippen molar-refractivity contribution in [3.8, 4) is 11.5 Å². The molecule has 0 fully saturated rings. The summed E-state index contributed by atoms with van der Waals surface area (Å²) in [6.45, 7) is 2.17. The van der Waals surface area contributed by atoms with Crippen LogP contribution in [-0.4, -0.2) is 22.1 Å². The van der Waals surface area contributed by atoms with Crippen LogP contribution < -0.4 is 14.8 Å². The van der Waals surface area contributed by atoms with Crippen LogP contribution in [0.1, 0.15) is 29.2 Å². The Bertz CT molecular complexity index is 1280. The molecule has 1 N–H and O–H groups in total. The first-order valence-corrected chi connectivity index (χ1v) is 9.96. The fourth-order valence-electron chi connectivity index (χ4n) is 3.90. The molecular weight excluding hydrogens is 397 g/mol. The number of pyridine rings is 1. The van der Waals surface area contributed by atoms with Crippen molar-refractivity contribution in [3.63, 3.8) is 0 Å². The van der Waals surface area contributed by atoms with Gasteiger partial charge in [0, 0.05) is 24.7 Å². The predicted octanol–water partition coefficient (Wildman–Crippen LogP) is 4.67. The van der Waals surface area contributed by atoms with Gasteiger partial charge in [-0.15, -0.1) is 0 Å². The maximum absolute atomic E-state index is 14.0. The number of carbonyl (C=O) groups excluding carboxylic acids is 1. The highest BCUT2D eigenvalue weighted by molar-refractivity contribution is 5.91. The number of nitrogens with one attached hydrogen (secondary N) is 1. The third kappa shape index (κ3) is 3.59. The quantitative estimate of drug-likeness (QED) is 0.513. The number of aryl methyl sites for hydroxylation is 1. The Balaban J connectivity index is 1.53. The van der Waals surface area contributed by atoms with Crippen molar-refractivity contribution in [2.75, 3.05) is 12.1 Å². The number of nitrogens with zero attached hydrogens (tertiary/aromatic N) is 2. The van der Waals surface area contributed by atoms with E-state index >= 15 is 0 Å². The summed E-state index contributed by atoms with van der Waals surface area (Å²) in [6.07, 6.45) is 3.82. The highest BCUT2D eigenvalue weighted by Crippen LogP contribution is 2.38. The van der Waals surface area contributed by atoms with Crippen molar-refractivity contribution < 1.29 is 18.7 Å². The molecule has 156 valence electrons. The average Bonchev–Trinajstić information content (AvgIpc) is 3.41. The molecule has 0 bridgehead atoms. The molecule has 1 atom stereocenters. The van der Waals surface area contributed by atoms with Gasteiger partial charge in [-0.2, -0.15) is 0 Å². The minimum atomic E-state index is -0.471. The van der Waals surface area contributed by atoms with Gasteiger partial charge in [-0.1, -0.05) is 24.3 Å². The van der Waals surface area contributed by atoms with Crippen molar-refractivity contribution in [1.82, 2.24) is 9.38 Å². The summed E-state index contributed by atoms with van der Waals surface area (Å²) in [6, 6.07) is 15.7. The van der Waals surface area contributed by atoms with Crippen molar-refractivity contribution >= 4 is 17.2 Å². The first-order chi connectivity index (χ1) is 15.1. The Morgan fingerprint density at radius 1 is 1.16 bits per heavy atom. The number of fused-ring (bicyclic) bond motifs is 2. The predicted molar refractivity (Wildman–Crippen MR) is 114 cm³/mol. The lowest BCUT2D eigenvalue weighted by Gasteiger charge is -2.18. The van der Waals surface area contributed by atoms with Gasteiger partial charge in [-0.05, 0) is 48.4 Å². The number of rotatable bonds is 5. The SMILES string of the molecule is Cc1cccn2c(C(CC(=O)Nc3ccccc3F)c3ccc4c(c3)OCO4)cnc12. The molecule has 0 saturated carbocycles. The number of halogens is 1. The van der Waals surface area contributed by atoms with Crippen LogP contribution in [0.15, 0.2) is 67.0 Å². The normalized spacial score (nSPS) is 13.4. The molecule has 1 amide bonds. The van der Waals surface area contributed by atoms with Crippen molar-refractivity contribution in [1.29, 1.82) is 0 Å². The topological polar surface area (TPSA) is 64.9 Å². The molecule has 3 heterocycles. The molecule has 1 aliphatic heterocycles. The van der Waals surface area contributed by atoms with Crippen LogP contribution in [0.5, 0.6) is 11.5 Å². The van der Waals surface area contributed by atoms with Crippen LogP contribution >= 0.6 is 0 Å². The minimum absolute atomic E-state index is 0.107. The first kappa shape index (κ1) is 19.1. The van der Waals surface area contributed by atoms with Crippen LogP contribution in [0, 0.1) is 12.7 Å². The number of carbonyl (C=O) groups is 1. The number of imidazole rings is 1.